The van der Waals surface area contributed by atoms with Crippen LogP contribution in [0.15, 0.2) is 42.5 Å². The summed E-state index contributed by atoms with van der Waals surface area (Å²) >= 11 is 5.91. The zero-order valence-corrected chi connectivity index (χ0v) is 12.4. The summed E-state index contributed by atoms with van der Waals surface area (Å²) < 4.78 is 13.1. The predicted molar refractivity (Wildman–Crippen MR) is 86.7 cm³/mol. The Kier molecular flexibility index (Phi) is 3.88. The second-order valence-corrected chi connectivity index (χ2v) is 5.59. The largest absolute Gasteiger partial charge is 0.397 e. The van der Waals surface area contributed by atoms with E-state index in [1.54, 1.807) is 6.07 Å². The van der Waals surface area contributed by atoms with Gasteiger partial charge in [-0.1, -0.05) is 11.6 Å². The molecule has 1 aliphatic rings. The monoisotopic (exact) mass is 305 g/mol. The van der Waals surface area contributed by atoms with E-state index in [-0.39, 0.29) is 5.82 Å². The van der Waals surface area contributed by atoms with Crippen LogP contribution in [0.25, 0.3) is 0 Å². The number of halogens is 2. The number of rotatable bonds is 2. The minimum Gasteiger partial charge on any atom is -0.397 e. The van der Waals surface area contributed by atoms with Crippen LogP contribution in [0, 0.1) is 5.82 Å². The second-order valence-electron chi connectivity index (χ2n) is 5.15. The number of hydrogen-bond acceptors (Lipinski definition) is 3. The topological polar surface area (TPSA) is 32.5 Å². The van der Waals surface area contributed by atoms with Crippen LogP contribution in [0.2, 0.25) is 5.02 Å². The van der Waals surface area contributed by atoms with Crippen molar-refractivity contribution in [3.8, 4) is 0 Å². The van der Waals surface area contributed by atoms with Crippen LogP contribution < -0.4 is 15.5 Å². The van der Waals surface area contributed by atoms with E-state index in [4.69, 9.17) is 17.3 Å². The number of nitrogen functional groups attached to an aromatic ring is 1. The molecule has 1 fully saturated rings. The van der Waals surface area contributed by atoms with Gasteiger partial charge in [0.05, 0.1) is 11.4 Å². The van der Waals surface area contributed by atoms with Gasteiger partial charge in [-0.05, 0) is 42.5 Å². The lowest BCUT2D eigenvalue weighted by molar-refractivity contribution is 0.626. The van der Waals surface area contributed by atoms with Crippen LogP contribution >= 0.6 is 11.6 Å². The molecule has 2 N–H and O–H groups in total. The van der Waals surface area contributed by atoms with Gasteiger partial charge in [0.15, 0.2) is 0 Å². The van der Waals surface area contributed by atoms with Gasteiger partial charge in [-0.2, -0.15) is 0 Å². The van der Waals surface area contributed by atoms with Crippen molar-refractivity contribution >= 4 is 28.7 Å². The van der Waals surface area contributed by atoms with Crippen molar-refractivity contribution in [1.82, 2.24) is 0 Å². The van der Waals surface area contributed by atoms with E-state index >= 15 is 0 Å². The minimum absolute atomic E-state index is 0.295. The van der Waals surface area contributed by atoms with Crippen LogP contribution in [-0.4, -0.2) is 26.2 Å². The van der Waals surface area contributed by atoms with Crippen LogP contribution in [0.1, 0.15) is 0 Å². The molecule has 2 aromatic carbocycles. The molecule has 0 amide bonds. The molecule has 0 aliphatic carbocycles. The maximum atomic E-state index is 13.1. The molecular formula is C16H17ClFN3. The van der Waals surface area contributed by atoms with Gasteiger partial charge < -0.3 is 15.5 Å². The predicted octanol–water partition coefficient (Wildman–Crippen LogP) is 3.39. The molecule has 0 atom stereocenters. The first kappa shape index (κ1) is 14.0. The van der Waals surface area contributed by atoms with Crippen molar-refractivity contribution in [2.75, 3.05) is 41.7 Å². The number of nitrogens with two attached hydrogens (primary N) is 1. The Balaban J connectivity index is 1.68. The zero-order chi connectivity index (χ0) is 14.8. The molecule has 1 saturated heterocycles. The van der Waals surface area contributed by atoms with Crippen LogP contribution in [0.5, 0.6) is 0 Å². The van der Waals surface area contributed by atoms with Crippen molar-refractivity contribution in [2.45, 2.75) is 0 Å². The van der Waals surface area contributed by atoms with Gasteiger partial charge in [-0.25, -0.2) is 4.39 Å². The van der Waals surface area contributed by atoms with Gasteiger partial charge in [0.2, 0.25) is 0 Å². The van der Waals surface area contributed by atoms with Crippen molar-refractivity contribution in [3.63, 3.8) is 0 Å². The number of benzene rings is 2. The fraction of sp³-hybridized carbons (Fsp3) is 0.250. The highest BCUT2D eigenvalue weighted by molar-refractivity contribution is 6.30. The van der Waals surface area contributed by atoms with Crippen molar-refractivity contribution in [2.24, 2.45) is 0 Å². The molecule has 0 radical (unpaired) electrons. The highest BCUT2D eigenvalue weighted by atomic mass is 35.5. The fourth-order valence-electron chi connectivity index (χ4n) is 2.67. The highest BCUT2D eigenvalue weighted by Gasteiger charge is 2.19. The van der Waals surface area contributed by atoms with E-state index in [0.717, 1.165) is 36.9 Å². The summed E-state index contributed by atoms with van der Waals surface area (Å²) in [5, 5.41) is 0.747. The summed E-state index contributed by atoms with van der Waals surface area (Å²) in [6.07, 6.45) is 0. The normalized spacial score (nSPS) is 15.3. The molecule has 5 heteroatoms. The Hall–Kier alpha value is -1.94. The lowest BCUT2D eigenvalue weighted by Gasteiger charge is -2.37. The molecule has 0 saturated carbocycles. The highest BCUT2D eigenvalue weighted by Crippen LogP contribution is 2.26. The van der Waals surface area contributed by atoms with Gasteiger partial charge in [0.1, 0.15) is 5.82 Å². The Morgan fingerprint density at radius 1 is 0.905 bits per heavy atom. The average Bonchev–Trinajstić information content (AvgIpc) is 2.48. The SMILES string of the molecule is Nc1cc(F)ccc1N1CCN(c2ccc(Cl)cc2)CC1. The smallest absolute Gasteiger partial charge is 0.125 e. The maximum absolute atomic E-state index is 13.1. The molecule has 0 spiro atoms. The molecule has 1 heterocycles. The van der Waals surface area contributed by atoms with Crippen LogP contribution in [0.3, 0.4) is 0 Å². The van der Waals surface area contributed by atoms with E-state index in [2.05, 4.69) is 9.80 Å². The molecule has 0 aromatic heterocycles. The third kappa shape index (κ3) is 3.05. The molecule has 2 aromatic rings. The van der Waals surface area contributed by atoms with Gasteiger partial charge in [-0.15, -0.1) is 0 Å². The van der Waals surface area contributed by atoms with Gasteiger partial charge in [0, 0.05) is 36.9 Å². The summed E-state index contributed by atoms with van der Waals surface area (Å²) in [6, 6.07) is 12.5. The van der Waals surface area contributed by atoms with E-state index < -0.39 is 0 Å². The van der Waals surface area contributed by atoms with Gasteiger partial charge >= 0.3 is 0 Å². The van der Waals surface area contributed by atoms with Crippen molar-refractivity contribution in [1.29, 1.82) is 0 Å². The van der Waals surface area contributed by atoms with Crippen LogP contribution in [-0.2, 0) is 0 Å². The molecule has 3 nitrogen and oxygen atoms in total. The first-order valence-electron chi connectivity index (χ1n) is 6.94. The van der Waals surface area contributed by atoms with Crippen molar-refractivity contribution < 1.29 is 4.39 Å². The Morgan fingerprint density at radius 3 is 2.14 bits per heavy atom. The fourth-order valence-corrected chi connectivity index (χ4v) is 2.80. The van der Waals surface area contributed by atoms with Gasteiger partial charge in [0.25, 0.3) is 0 Å². The summed E-state index contributed by atoms with van der Waals surface area (Å²) in [7, 11) is 0. The third-order valence-corrected chi connectivity index (χ3v) is 4.05. The summed E-state index contributed by atoms with van der Waals surface area (Å²) in [5.74, 6) is -0.295. The zero-order valence-electron chi connectivity index (χ0n) is 11.6. The van der Waals surface area contributed by atoms with E-state index in [1.165, 1.54) is 17.8 Å². The lowest BCUT2D eigenvalue weighted by atomic mass is 10.2. The standard InChI is InChI=1S/C16H17ClFN3/c17-12-1-4-14(5-2-12)20-7-9-21(10-8-20)16-6-3-13(18)11-15(16)19/h1-6,11H,7-10,19H2. The molecule has 0 unspecified atom stereocenters. The van der Waals surface area contributed by atoms with Gasteiger partial charge in [-0.3, -0.25) is 0 Å². The minimum atomic E-state index is -0.295. The first-order valence-corrected chi connectivity index (χ1v) is 7.32. The number of nitrogens with zero attached hydrogens (tertiary/aromatic N) is 2. The third-order valence-electron chi connectivity index (χ3n) is 3.80. The second kappa shape index (κ2) is 5.82. The Bertz CT molecular complexity index is 622. The summed E-state index contributed by atoms with van der Waals surface area (Å²) in [4.78, 5) is 4.51. The molecule has 3 rings (SSSR count). The van der Waals surface area contributed by atoms with E-state index in [9.17, 15) is 4.39 Å². The van der Waals surface area contributed by atoms with E-state index in [1.807, 2.05) is 24.3 Å². The Morgan fingerprint density at radius 2 is 1.52 bits per heavy atom. The molecule has 21 heavy (non-hydrogen) atoms. The molecule has 1 aliphatic heterocycles. The number of hydrogen-bond donors (Lipinski definition) is 1. The lowest BCUT2D eigenvalue weighted by Crippen LogP contribution is -2.46. The van der Waals surface area contributed by atoms with E-state index in [0.29, 0.717) is 5.69 Å². The molecule has 0 bridgehead atoms. The summed E-state index contributed by atoms with van der Waals surface area (Å²) in [5.41, 5.74) is 8.48. The van der Waals surface area contributed by atoms with Crippen molar-refractivity contribution in [3.05, 3.63) is 53.3 Å². The number of piperazine rings is 1. The number of anilines is 3. The van der Waals surface area contributed by atoms with Crippen LogP contribution in [0.4, 0.5) is 21.5 Å². The summed E-state index contributed by atoms with van der Waals surface area (Å²) in [6.45, 7) is 3.52. The Labute approximate surface area is 128 Å². The quantitative estimate of drug-likeness (QED) is 0.863. The first-order chi connectivity index (χ1) is 10.1. The average molecular weight is 306 g/mol. The molecular weight excluding hydrogens is 289 g/mol. The molecule has 110 valence electrons. The maximum Gasteiger partial charge on any atom is 0.125 e.